The quantitative estimate of drug-likeness (QED) is 0.854. The second-order valence-corrected chi connectivity index (χ2v) is 9.43. The van der Waals surface area contributed by atoms with E-state index in [1.54, 1.807) is 16.7 Å². The summed E-state index contributed by atoms with van der Waals surface area (Å²) in [4.78, 5) is 19.2. The van der Waals surface area contributed by atoms with Gasteiger partial charge in [-0.05, 0) is 45.2 Å². The van der Waals surface area contributed by atoms with Crippen LogP contribution in [0.25, 0.3) is 11.5 Å². The van der Waals surface area contributed by atoms with Gasteiger partial charge in [-0.3, -0.25) is 4.90 Å². The molecule has 2 aliphatic heterocycles. The van der Waals surface area contributed by atoms with Crippen LogP contribution in [0.4, 0.5) is 0 Å². The van der Waals surface area contributed by atoms with Crippen LogP contribution in [-0.2, 0) is 10.0 Å². The van der Waals surface area contributed by atoms with Gasteiger partial charge in [0.25, 0.3) is 0 Å². The molecule has 27 heavy (non-hydrogen) atoms. The first-order valence-electron chi connectivity index (χ1n) is 9.48. The maximum atomic E-state index is 11.8. The van der Waals surface area contributed by atoms with Crippen molar-refractivity contribution in [3.05, 3.63) is 30.0 Å². The highest BCUT2D eigenvalue weighted by Crippen LogP contribution is 2.36. The lowest BCUT2D eigenvalue weighted by atomic mass is 10.0. The molecule has 146 valence electrons. The monoisotopic (exact) mass is 390 g/mol. The van der Waals surface area contributed by atoms with Gasteiger partial charge in [0.2, 0.25) is 10.0 Å². The fourth-order valence-corrected chi connectivity index (χ4v) is 5.21. The standard InChI is InChI=1S/C18H26N6O2S/c1-13-21-15(12-16(22-13)18-19-7-8-20-18)17-4-3-9-24(17)14-5-10-23(11-6-14)27(2,25)26/h7-8,12,14,17H,3-6,9-11H2,1-2H3,(H,19,20). The summed E-state index contributed by atoms with van der Waals surface area (Å²) in [5.41, 5.74) is 1.86. The average Bonchev–Trinajstić information content (AvgIpc) is 3.32. The van der Waals surface area contributed by atoms with Gasteiger partial charge in [0.1, 0.15) is 11.5 Å². The van der Waals surface area contributed by atoms with Gasteiger partial charge in [-0.1, -0.05) is 0 Å². The number of nitrogens with one attached hydrogen (secondary N) is 1. The van der Waals surface area contributed by atoms with Crippen molar-refractivity contribution in [2.45, 2.75) is 44.7 Å². The summed E-state index contributed by atoms with van der Waals surface area (Å²) in [5, 5.41) is 0. The van der Waals surface area contributed by atoms with Crippen LogP contribution in [0.15, 0.2) is 18.5 Å². The third kappa shape index (κ3) is 3.90. The Bertz CT molecular complexity index is 891. The molecule has 2 aliphatic rings. The van der Waals surface area contributed by atoms with Crippen molar-refractivity contribution < 1.29 is 8.42 Å². The van der Waals surface area contributed by atoms with E-state index < -0.39 is 10.0 Å². The Balaban J connectivity index is 1.54. The van der Waals surface area contributed by atoms with E-state index in [0.717, 1.165) is 55.3 Å². The molecule has 2 aromatic rings. The van der Waals surface area contributed by atoms with Gasteiger partial charge < -0.3 is 4.98 Å². The first-order chi connectivity index (χ1) is 12.9. The van der Waals surface area contributed by atoms with Crippen LogP contribution in [0, 0.1) is 6.92 Å². The minimum absolute atomic E-state index is 0.259. The Morgan fingerprint density at radius 3 is 2.59 bits per heavy atom. The zero-order valence-electron chi connectivity index (χ0n) is 15.8. The molecule has 0 saturated carbocycles. The van der Waals surface area contributed by atoms with Gasteiger partial charge in [-0.15, -0.1) is 0 Å². The number of likely N-dealkylation sites (tertiary alicyclic amines) is 1. The Kier molecular flexibility index (Phi) is 5.00. The van der Waals surface area contributed by atoms with E-state index in [1.165, 1.54) is 6.26 Å². The fourth-order valence-electron chi connectivity index (χ4n) is 4.34. The molecule has 1 unspecified atom stereocenters. The highest BCUT2D eigenvalue weighted by molar-refractivity contribution is 7.88. The van der Waals surface area contributed by atoms with Crippen molar-refractivity contribution in [2.24, 2.45) is 0 Å². The molecule has 0 radical (unpaired) electrons. The van der Waals surface area contributed by atoms with Gasteiger partial charge in [-0.2, -0.15) is 0 Å². The predicted octanol–water partition coefficient (Wildman–Crippen LogP) is 1.74. The summed E-state index contributed by atoms with van der Waals surface area (Å²) >= 11 is 0. The lowest BCUT2D eigenvalue weighted by molar-refractivity contribution is 0.125. The molecule has 4 rings (SSSR count). The summed E-state index contributed by atoms with van der Waals surface area (Å²) < 4.78 is 25.1. The van der Waals surface area contributed by atoms with Crippen molar-refractivity contribution in [1.29, 1.82) is 0 Å². The van der Waals surface area contributed by atoms with Crippen molar-refractivity contribution in [2.75, 3.05) is 25.9 Å². The smallest absolute Gasteiger partial charge is 0.211 e. The van der Waals surface area contributed by atoms with Crippen molar-refractivity contribution in [3.63, 3.8) is 0 Å². The molecule has 4 heterocycles. The number of sulfonamides is 1. The molecule has 0 amide bonds. The van der Waals surface area contributed by atoms with Gasteiger partial charge in [0.05, 0.1) is 18.0 Å². The topological polar surface area (TPSA) is 95.1 Å². The molecule has 8 nitrogen and oxygen atoms in total. The van der Waals surface area contributed by atoms with Gasteiger partial charge in [0, 0.05) is 31.5 Å². The zero-order chi connectivity index (χ0) is 19.0. The molecule has 1 atom stereocenters. The van der Waals surface area contributed by atoms with Crippen LogP contribution in [0.2, 0.25) is 0 Å². The van der Waals surface area contributed by atoms with E-state index >= 15 is 0 Å². The molecule has 0 spiro atoms. The average molecular weight is 391 g/mol. The Labute approximate surface area is 160 Å². The number of aryl methyl sites for hydroxylation is 1. The Hall–Kier alpha value is -1.84. The summed E-state index contributed by atoms with van der Waals surface area (Å²) in [6.07, 6.45) is 8.77. The SMILES string of the molecule is Cc1nc(-c2ncc[nH]2)cc(C2CCCN2C2CCN(S(C)(=O)=O)CC2)n1. The lowest BCUT2D eigenvalue weighted by Gasteiger charge is -2.38. The van der Waals surface area contributed by atoms with Gasteiger partial charge >= 0.3 is 0 Å². The van der Waals surface area contributed by atoms with E-state index in [1.807, 2.05) is 13.0 Å². The van der Waals surface area contributed by atoms with Crippen LogP contribution in [0.3, 0.4) is 0 Å². The predicted molar refractivity (Wildman–Crippen MR) is 102 cm³/mol. The summed E-state index contributed by atoms with van der Waals surface area (Å²) in [5.74, 6) is 1.51. The van der Waals surface area contributed by atoms with E-state index in [9.17, 15) is 8.42 Å². The largest absolute Gasteiger partial charge is 0.343 e. The number of hydrogen-bond acceptors (Lipinski definition) is 6. The molecule has 2 aromatic heterocycles. The van der Waals surface area contributed by atoms with E-state index in [2.05, 4.69) is 19.9 Å². The number of aromatic nitrogens is 4. The zero-order valence-corrected chi connectivity index (χ0v) is 16.6. The molecule has 0 aromatic carbocycles. The molecule has 9 heteroatoms. The third-order valence-electron chi connectivity index (χ3n) is 5.60. The van der Waals surface area contributed by atoms with E-state index in [4.69, 9.17) is 4.98 Å². The van der Waals surface area contributed by atoms with Crippen LogP contribution in [0.5, 0.6) is 0 Å². The number of piperidine rings is 1. The second kappa shape index (κ2) is 7.29. The fraction of sp³-hybridized carbons (Fsp3) is 0.611. The summed E-state index contributed by atoms with van der Waals surface area (Å²) in [7, 11) is -3.09. The normalized spacial score (nSPS) is 23.1. The number of imidazole rings is 1. The molecule has 2 fully saturated rings. The van der Waals surface area contributed by atoms with Crippen molar-refractivity contribution in [3.8, 4) is 11.5 Å². The molecule has 0 bridgehead atoms. The first-order valence-corrected chi connectivity index (χ1v) is 11.3. The molecular formula is C18H26N6O2S. The Morgan fingerprint density at radius 2 is 1.93 bits per heavy atom. The van der Waals surface area contributed by atoms with E-state index in [0.29, 0.717) is 19.1 Å². The maximum absolute atomic E-state index is 11.8. The number of rotatable bonds is 4. The minimum atomic E-state index is -3.09. The third-order valence-corrected chi connectivity index (χ3v) is 6.90. The molecule has 1 N–H and O–H groups in total. The number of hydrogen-bond donors (Lipinski definition) is 1. The van der Waals surface area contributed by atoms with Crippen LogP contribution < -0.4 is 0 Å². The Morgan fingerprint density at radius 1 is 1.15 bits per heavy atom. The number of aromatic amines is 1. The second-order valence-electron chi connectivity index (χ2n) is 7.45. The van der Waals surface area contributed by atoms with Crippen LogP contribution in [-0.4, -0.2) is 69.5 Å². The van der Waals surface area contributed by atoms with Crippen molar-refractivity contribution >= 4 is 10.0 Å². The van der Waals surface area contributed by atoms with Gasteiger partial charge in [0.15, 0.2) is 5.82 Å². The van der Waals surface area contributed by atoms with Crippen LogP contribution >= 0.6 is 0 Å². The number of H-pyrrole nitrogens is 1. The first kappa shape index (κ1) is 18.5. The lowest BCUT2D eigenvalue weighted by Crippen LogP contribution is -2.46. The number of nitrogens with zero attached hydrogens (tertiary/aromatic N) is 5. The minimum Gasteiger partial charge on any atom is -0.343 e. The van der Waals surface area contributed by atoms with Gasteiger partial charge in [-0.25, -0.2) is 27.7 Å². The molecular weight excluding hydrogens is 364 g/mol. The highest BCUT2D eigenvalue weighted by atomic mass is 32.2. The summed E-state index contributed by atoms with van der Waals surface area (Å²) in [6.45, 7) is 4.16. The highest BCUT2D eigenvalue weighted by Gasteiger charge is 2.36. The van der Waals surface area contributed by atoms with Crippen LogP contribution in [0.1, 0.15) is 43.2 Å². The molecule has 2 saturated heterocycles. The maximum Gasteiger partial charge on any atom is 0.211 e. The molecule has 0 aliphatic carbocycles. The summed E-state index contributed by atoms with van der Waals surface area (Å²) in [6, 6.07) is 2.70. The van der Waals surface area contributed by atoms with Crippen molar-refractivity contribution in [1.82, 2.24) is 29.1 Å². The van der Waals surface area contributed by atoms with E-state index in [-0.39, 0.29) is 6.04 Å².